The van der Waals surface area contributed by atoms with Crippen LogP contribution in [-0.2, 0) is 14.8 Å². The van der Waals surface area contributed by atoms with Crippen molar-refractivity contribution in [3.05, 3.63) is 35.1 Å². The molecule has 0 aliphatic rings. The number of rotatable bonds is 2. The Morgan fingerprint density at radius 1 is 1.46 bits per heavy atom. The lowest BCUT2D eigenvalue weighted by molar-refractivity contribution is 0.596. The monoisotopic (exact) mass is 222 g/mol. The smallest absolute Gasteiger partial charge is 0.212 e. The van der Waals surface area contributed by atoms with Crippen LogP contribution in [0.3, 0.4) is 0 Å². The van der Waals surface area contributed by atoms with E-state index < -0.39 is 20.6 Å². The van der Waals surface area contributed by atoms with Crippen LogP contribution in [0.5, 0.6) is 0 Å². The molecular formula is C8H8ClFO2S. The molecule has 1 rings (SSSR count). The van der Waals surface area contributed by atoms with E-state index in [4.69, 9.17) is 10.7 Å². The van der Waals surface area contributed by atoms with Crippen molar-refractivity contribution in [1.82, 2.24) is 0 Å². The summed E-state index contributed by atoms with van der Waals surface area (Å²) in [6.07, 6.45) is 0. The van der Waals surface area contributed by atoms with E-state index >= 15 is 0 Å². The highest BCUT2D eigenvalue weighted by Crippen LogP contribution is 2.17. The summed E-state index contributed by atoms with van der Waals surface area (Å²) >= 11 is 0. The summed E-state index contributed by atoms with van der Waals surface area (Å²) in [6.45, 7) is 1.64. The van der Waals surface area contributed by atoms with Crippen LogP contribution in [0.25, 0.3) is 0 Å². The Morgan fingerprint density at radius 3 is 2.54 bits per heavy atom. The molecule has 0 saturated carbocycles. The highest BCUT2D eigenvalue weighted by Gasteiger charge is 2.13. The molecule has 0 heterocycles. The van der Waals surface area contributed by atoms with Gasteiger partial charge in [-0.25, -0.2) is 12.8 Å². The third-order valence-corrected chi connectivity index (χ3v) is 2.63. The Labute approximate surface area is 80.8 Å². The van der Waals surface area contributed by atoms with E-state index in [1.807, 2.05) is 0 Å². The van der Waals surface area contributed by atoms with E-state index in [9.17, 15) is 12.8 Å². The van der Waals surface area contributed by atoms with Crippen molar-refractivity contribution >= 4 is 19.7 Å². The van der Waals surface area contributed by atoms with Crippen LogP contribution < -0.4 is 0 Å². The summed E-state index contributed by atoms with van der Waals surface area (Å²) < 4.78 is 34.5. The average molecular weight is 223 g/mol. The predicted octanol–water partition coefficient (Wildman–Crippen LogP) is 2.20. The van der Waals surface area contributed by atoms with Crippen molar-refractivity contribution in [2.75, 3.05) is 0 Å². The maximum Gasteiger partial charge on any atom is 0.236 e. The Balaban J connectivity index is 3.15. The van der Waals surface area contributed by atoms with Gasteiger partial charge in [-0.05, 0) is 18.6 Å². The summed E-state index contributed by atoms with van der Waals surface area (Å²) in [5.41, 5.74) is 0.724. The molecule has 13 heavy (non-hydrogen) atoms. The number of aryl methyl sites for hydroxylation is 1. The van der Waals surface area contributed by atoms with Crippen molar-refractivity contribution < 1.29 is 12.8 Å². The SMILES string of the molecule is Cc1cccc(F)c1CS(=O)(=O)Cl. The van der Waals surface area contributed by atoms with Gasteiger partial charge in [0, 0.05) is 16.2 Å². The molecule has 0 bridgehead atoms. The maximum absolute atomic E-state index is 13.1. The van der Waals surface area contributed by atoms with E-state index in [-0.39, 0.29) is 5.56 Å². The van der Waals surface area contributed by atoms with Crippen LogP contribution in [0.1, 0.15) is 11.1 Å². The van der Waals surface area contributed by atoms with Crippen molar-refractivity contribution in [3.63, 3.8) is 0 Å². The summed E-state index contributed by atoms with van der Waals surface area (Å²) in [5, 5.41) is 0. The van der Waals surface area contributed by atoms with E-state index in [1.54, 1.807) is 13.0 Å². The van der Waals surface area contributed by atoms with Gasteiger partial charge in [0.2, 0.25) is 9.05 Å². The fourth-order valence-corrected chi connectivity index (χ4v) is 2.06. The molecular weight excluding hydrogens is 215 g/mol. The zero-order valence-electron chi connectivity index (χ0n) is 6.92. The molecule has 0 fully saturated rings. The summed E-state index contributed by atoms with van der Waals surface area (Å²) in [4.78, 5) is 0. The highest BCUT2D eigenvalue weighted by molar-refractivity contribution is 8.13. The molecule has 0 radical (unpaired) electrons. The second-order valence-electron chi connectivity index (χ2n) is 2.72. The first-order valence-electron chi connectivity index (χ1n) is 3.56. The van der Waals surface area contributed by atoms with Gasteiger partial charge >= 0.3 is 0 Å². The number of hydrogen-bond donors (Lipinski definition) is 0. The molecule has 0 aliphatic carbocycles. The van der Waals surface area contributed by atoms with Crippen LogP contribution in [-0.4, -0.2) is 8.42 Å². The molecule has 0 amide bonds. The molecule has 0 atom stereocenters. The maximum atomic E-state index is 13.1. The molecule has 72 valence electrons. The standard InChI is InChI=1S/C8H8ClFO2S/c1-6-3-2-4-8(10)7(6)5-13(9,11)12/h2-4H,5H2,1H3. The second-order valence-corrected chi connectivity index (χ2v) is 5.50. The second kappa shape index (κ2) is 3.64. The van der Waals surface area contributed by atoms with Gasteiger partial charge in [0.25, 0.3) is 0 Å². The Kier molecular flexibility index (Phi) is 2.93. The van der Waals surface area contributed by atoms with Crippen molar-refractivity contribution in [1.29, 1.82) is 0 Å². The zero-order valence-corrected chi connectivity index (χ0v) is 8.49. The third kappa shape index (κ3) is 2.97. The van der Waals surface area contributed by atoms with E-state index in [0.29, 0.717) is 5.56 Å². The molecule has 1 aromatic carbocycles. The van der Waals surface area contributed by atoms with Crippen molar-refractivity contribution in [3.8, 4) is 0 Å². The fraction of sp³-hybridized carbons (Fsp3) is 0.250. The first-order chi connectivity index (χ1) is 5.90. The lowest BCUT2D eigenvalue weighted by Gasteiger charge is -2.03. The summed E-state index contributed by atoms with van der Waals surface area (Å²) in [5.74, 6) is -1.00. The molecule has 0 spiro atoms. The molecule has 0 N–H and O–H groups in total. The first kappa shape index (κ1) is 10.5. The summed E-state index contributed by atoms with van der Waals surface area (Å²) in [6, 6.07) is 4.37. The topological polar surface area (TPSA) is 34.1 Å². The van der Waals surface area contributed by atoms with Gasteiger partial charge < -0.3 is 0 Å². The van der Waals surface area contributed by atoms with Gasteiger partial charge in [-0.1, -0.05) is 12.1 Å². The lowest BCUT2D eigenvalue weighted by atomic mass is 10.1. The fourth-order valence-electron chi connectivity index (χ4n) is 1.02. The highest BCUT2D eigenvalue weighted by atomic mass is 35.7. The molecule has 2 nitrogen and oxygen atoms in total. The van der Waals surface area contributed by atoms with Crippen LogP contribution in [0.4, 0.5) is 4.39 Å². The molecule has 0 aliphatic heterocycles. The molecule has 0 unspecified atom stereocenters. The van der Waals surface area contributed by atoms with Crippen molar-refractivity contribution in [2.24, 2.45) is 0 Å². The van der Waals surface area contributed by atoms with Crippen LogP contribution >= 0.6 is 10.7 Å². The number of halogens is 2. The van der Waals surface area contributed by atoms with Crippen LogP contribution in [0.2, 0.25) is 0 Å². The van der Waals surface area contributed by atoms with Gasteiger partial charge in [0.1, 0.15) is 5.82 Å². The Hall–Kier alpha value is -0.610. The Bertz CT molecular complexity index is 394. The minimum Gasteiger partial charge on any atom is -0.212 e. The van der Waals surface area contributed by atoms with Gasteiger partial charge in [0.05, 0.1) is 5.75 Å². The predicted molar refractivity (Wildman–Crippen MR) is 49.6 cm³/mol. The van der Waals surface area contributed by atoms with Crippen molar-refractivity contribution in [2.45, 2.75) is 12.7 Å². The average Bonchev–Trinajstić information content (AvgIpc) is 1.95. The minimum atomic E-state index is -3.69. The number of hydrogen-bond acceptors (Lipinski definition) is 2. The van der Waals surface area contributed by atoms with E-state index in [1.165, 1.54) is 12.1 Å². The lowest BCUT2D eigenvalue weighted by Crippen LogP contribution is -2.00. The van der Waals surface area contributed by atoms with Gasteiger partial charge in [-0.15, -0.1) is 0 Å². The van der Waals surface area contributed by atoms with E-state index in [0.717, 1.165) is 0 Å². The molecule has 1 aromatic rings. The molecule has 5 heteroatoms. The van der Waals surface area contributed by atoms with E-state index in [2.05, 4.69) is 0 Å². The number of benzene rings is 1. The van der Waals surface area contributed by atoms with Crippen LogP contribution in [0, 0.1) is 12.7 Å². The van der Waals surface area contributed by atoms with Crippen LogP contribution in [0.15, 0.2) is 18.2 Å². The molecule has 0 saturated heterocycles. The quantitative estimate of drug-likeness (QED) is 0.719. The normalized spacial score (nSPS) is 11.6. The van der Waals surface area contributed by atoms with Gasteiger partial charge in [0.15, 0.2) is 0 Å². The van der Waals surface area contributed by atoms with Gasteiger partial charge in [-0.3, -0.25) is 0 Å². The minimum absolute atomic E-state index is 0.137. The zero-order chi connectivity index (χ0) is 10.1. The first-order valence-corrected chi connectivity index (χ1v) is 6.04. The van der Waals surface area contributed by atoms with Gasteiger partial charge in [-0.2, -0.15) is 0 Å². The molecule has 0 aromatic heterocycles. The summed E-state index contributed by atoms with van der Waals surface area (Å²) in [7, 11) is 1.33. The third-order valence-electron chi connectivity index (χ3n) is 1.67. The largest absolute Gasteiger partial charge is 0.236 e. The Morgan fingerprint density at radius 2 is 2.08 bits per heavy atom.